The Morgan fingerprint density at radius 2 is 1.84 bits per heavy atom. The Bertz CT molecular complexity index is 1230. The second-order valence-electron chi connectivity index (χ2n) is 6.90. The van der Waals surface area contributed by atoms with Crippen molar-refractivity contribution < 1.29 is 9.53 Å². The maximum atomic E-state index is 12.6. The third-order valence-electron chi connectivity index (χ3n) is 4.63. The third kappa shape index (κ3) is 4.92. The Balaban J connectivity index is 1.59. The summed E-state index contributed by atoms with van der Waals surface area (Å²) in [4.78, 5) is 16.6. The number of carbonyl (C=O) groups excluding carboxylic acids is 1. The maximum absolute atomic E-state index is 12.6. The highest BCUT2D eigenvalue weighted by atomic mass is 35.5. The smallest absolute Gasteiger partial charge is 0.234 e. The SMILES string of the molecule is COc1ccc(-n2c(SCC(=O)Nc3ccc(C)cc3Cl)nnc2-c2ccncc2)cc1. The van der Waals surface area contributed by atoms with Gasteiger partial charge in [0, 0.05) is 23.6 Å². The van der Waals surface area contributed by atoms with Crippen molar-refractivity contribution in [3.05, 3.63) is 77.6 Å². The molecular weight excluding hydrogens is 446 g/mol. The van der Waals surface area contributed by atoms with E-state index in [2.05, 4.69) is 20.5 Å². The molecule has 0 aliphatic carbocycles. The Morgan fingerprint density at radius 3 is 2.53 bits per heavy atom. The predicted molar refractivity (Wildman–Crippen MR) is 127 cm³/mol. The van der Waals surface area contributed by atoms with Crippen molar-refractivity contribution in [2.45, 2.75) is 12.1 Å². The number of nitrogens with zero attached hydrogens (tertiary/aromatic N) is 4. The molecule has 0 atom stereocenters. The average molecular weight is 466 g/mol. The van der Waals surface area contributed by atoms with Gasteiger partial charge >= 0.3 is 0 Å². The van der Waals surface area contributed by atoms with Crippen LogP contribution < -0.4 is 10.1 Å². The zero-order valence-electron chi connectivity index (χ0n) is 17.4. The van der Waals surface area contributed by atoms with E-state index >= 15 is 0 Å². The van der Waals surface area contributed by atoms with Crippen molar-refractivity contribution in [3.63, 3.8) is 0 Å². The van der Waals surface area contributed by atoms with Crippen LogP contribution in [0.15, 0.2) is 72.1 Å². The molecule has 0 saturated carbocycles. The van der Waals surface area contributed by atoms with Gasteiger partial charge in [-0.15, -0.1) is 10.2 Å². The molecule has 162 valence electrons. The van der Waals surface area contributed by atoms with Gasteiger partial charge in [0.05, 0.1) is 23.6 Å². The van der Waals surface area contributed by atoms with Gasteiger partial charge in [-0.05, 0) is 61.0 Å². The van der Waals surface area contributed by atoms with Crippen LogP contribution in [0.3, 0.4) is 0 Å². The fourth-order valence-electron chi connectivity index (χ4n) is 3.05. The number of hydrogen-bond donors (Lipinski definition) is 1. The summed E-state index contributed by atoms with van der Waals surface area (Å²) in [6.07, 6.45) is 3.40. The van der Waals surface area contributed by atoms with Crippen molar-refractivity contribution in [3.8, 4) is 22.8 Å². The molecule has 2 aromatic carbocycles. The molecular formula is C23H20ClN5O2S. The van der Waals surface area contributed by atoms with E-state index in [-0.39, 0.29) is 11.7 Å². The highest BCUT2D eigenvalue weighted by Crippen LogP contribution is 2.29. The molecule has 0 aliphatic heterocycles. The van der Waals surface area contributed by atoms with Crippen molar-refractivity contribution in [2.24, 2.45) is 0 Å². The number of nitrogens with one attached hydrogen (secondary N) is 1. The molecule has 1 amide bonds. The standard InChI is InChI=1S/C23H20ClN5O2S/c1-15-3-8-20(19(24)13-15)26-21(30)14-32-23-28-27-22(16-9-11-25-12-10-16)29(23)17-4-6-18(31-2)7-5-17/h3-13H,14H2,1-2H3,(H,26,30). The average Bonchev–Trinajstić information content (AvgIpc) is 3.24. The van der Waals surface area contributed by atoms with E-state index in [9.17, 15) is 4.79 Å². The lowest BCUT2D eigenvalue weighted by Gasteiger charge is -2.11. The van der Waals surface area contributed by atoms with Gasteiger partial charge in [-0.25, -0.2) is 0 Å². The molecule has 1 N–H and O–H groups in total. The van der Waals surface area contributed by atoms with Crippen molar-refractivity contribution in [1.82, 2.24) is 19.7 Å². The van der Waals surface area contributed by atoms with Gasteiger partial charge in [-0.1, -0.05) is 29.4 Å². The topological polar surface area (TPSA) is 81.9 Å². The van der Waals surface area contributed by atoms with Gasteiger partial charge in [0.2, 0.25) is 5.91 Å². The highest BCUT2D eigenvalue weighted by molar-refractivity contribution is 7.99. The zero-order chi connectivity index (χ0) is 22.5. The predicted octanol–water partition coefficient (Wildman–Crippen LogP) is 5.03. The lowest BCUT2D eigenvalue weighted by molar-refractivity contribution is -0.113. The summed E-state index contributed by atoms with van der Waals surface area (Å²) in [7, 11) is 1.62. The first-order valence-corrected chi connectivity index (χ1v) is 11.1. The molecule has 9 heteroatoms. The van der Waals surface area contributed by atoms with Crippen molar-refractivity contribution >= 4 is 35.0 Å². The number of aryl methyl sites for hydroxylation is 1. The minimum absolute atomic E-state index is 0.148. The first kappa shape index (κ1) is 21.9. The summed E-state index contributed by atoms with van der Waals surface area (Å²) in [5.74, 6) is 1.36. The molecule has 0 saturated heterocycles. The number of methoxy groups -OCH3 is 1. The number of ether oxygens (including phenoxy) is 1. The minimum atomic E-state index is -0.185. The van der Waals surface area contributed by atoms with Gasteiger partial charge in [-0.2, -0.15) is 0 Å². The largest absolute Gasteiger partial charge is 0.497 e. The van der Waals surface area contributed by atoms with Crippen LogP contribution in [-0.2, 0) is 4.79 Å². The fourth-order valence-corrected chi connectivity index (χ4v) is 4.09. The Hall–Kier alpha value is -3.36. The Morgan fingerprint density at radius 1 is 1.09 bits per heavy atom. The summed E-state index contributed by atoms with van der Waals surface area (Å²) in [5, 5.41) is 12.7. The van der Waals surface area contributed by atoms with Crippen LogP contribution in [0.1, 0.15) is 5.56 Å². The van der Waals surface area contributed by atoms with Gasteiger partial charge in [0.25, 0.3) is 0 Å². The van der Waals surface area contributed by atoms with Crippen LogP contribution in [0.25, 0.3) is 17.1 Å². The first-order valence-electron chi connectivity index (χ1n) is 9.74. The molecule has 4 aromatic rings. The lowest BCUT2D eigenvalue weighted by atomic mass is 10.2. The molecule has 0 spiro atoms. The van der Waals surface area contributed by atoms with Crippen LogP contribution in [0.2, 0.25) is 5.02 Å². The van der Waals surface area contributed by atoms with E-state index in [1.165, 1.54) is 11.8 Å². The van der Waals surface area contributed by atoms with E-state index in [0.29, 0.717) is 21.7 Å². The third-order valence-corrected chi connectivity index (χ3v) is 5.88. The monoisotopic (exact) mass is 465 g/mol. The summed E-state index contributed by atoms with van der Waals surface area (Å²) >= 11 is 7.52. The fraction of sp³-hybridized carbons (Fsp3) is 0.130. The number of anilines is 1. The molecule has 32 heavy (non-hydrogen) atoms. The highest BCUT2D eigenvalue weighted by Gasteiger charge is 2.18. The second kappa shape index (κ2) is 9.84. The number of thioether (sulfide) groups is 1. The normalized spacial score (nSPS) is 10.7. The number of halogens is 1. The van der Waals surface area contributed by atoms with E-state index in [1.54, 1.807) is 25.6 Å². The van der Waals surface area contributed by atoms with Crippen LogP contribution in [0, 0.1) is 6.92 Å². The minimum Gasteiger partial charge on any atom is -0.497 e. The van der Waals surface area contributed by atoms with E-state index in [4.69, 9.17) is 16.3 Å². The summed E-state index contributed by atoms with van der Waals surface area (Å²) in [6, 6.07) is 16.8. The summed E-state index contributed by atoms with van der Waals surface area (Å²) < 4.78 is 7.17. The van der Waals surface area contributed by atoms with E-state index < -0.39 is 0 Å². The van der Waals surface area contributed by atoms with Gasteiger partial charge in [-0.3, -0.25) is 14.3 Å². The molecule has 0 aliphatic rings. The Kier molecular flexibility index (Phi) is 6.72. The number of carbonyl (C=O) groups is 1. The van der Waals surface area contributed by atoms with Crippen LogP contribution in [0.5, 0.6) is 5.75 Å². The molecule has 0 radical (unpaired) electrons. The van der Waals surface area contributed by atoms with Gasteiger partial charge in [0.1, 0.15) is 5.75 Å². The number of hydrogen-bond acceptors (Lipinski definition) is 6. The van der Waals surface area contributed by atoms with Gasteiger partial charge in [0.15, 0.2) is 11.0 Å². The van der Waals surface area contributed by atoms with Crippen LogP contribution in [-0.4, -0.2) is 38.5 Å². The number of aromatic nitrogens is 4. The zero-order valence-corrected chi connectivity index (χ0v) is 19.0. The van der Waals surface area contributed by atoms with Crippen LogP contribution in [0.4, 0.5) is 5.69 Å². The summed E-state index contributed by atoms with van der Waals surface area (Å²) in [5.41, 5.74) is 3.33. The van der Waals surface area contributed by atoms with Crippen molar-refractivity contribution in [1.29, 1.82) is 0 Å². The van der Waals surface area contributed by atoms with E-state index in [0.717, 1.165) is 22.6 Å². The molecule has 2 aromatic heterocycles. The van der Waals surface area contributed by atoms with Crippen molar-refractivity contribution in [2.75, 3.05) is 18.2 Å². The molecule has 2 heterocycles. The lowest BCUT2D eigenvalue weighted by Crippen LogP contribution is -2.15. The first-order chi connectivity index (χ1) is 15.5. The van der Waals surface area contributed by atoms with Crippen LogP contribution >= 0.6 is 23.4 Å². The van der Waals surface area contributed by atoms with E-state index in [1.807, 2.05) is 60.0 Å². The molecule has 4 rings (SSSR count). The number of rotatable bonds is 7. The molecule has 0 fully saturated rings. The molecule has 0 unspecified atom stereocenters. The Labute approximate surface area is 194 Å². The molecule has 0 bridgehead atoms. The summed E-state index contributed by atoms with van der Waals surface area (Å²) in [6.45, 7) is 1.94. The number of benzene rings is 2. The quantitative estimate of drug-likeness (QED) is 0.385. The second-order valence-corrected chi connectivity index (χ2v) is 8.25. The maximum Gasteiger partial charge on any atom is 0.234 e. The number of pyridine rings is 1. The molecule has 7 nitrogen and oxygen atoms in total. The number of amides is 1. The van der Waals surface area contributed by atoms with Gasteiger partial charge < -0.3 is 10.1 Å².